The fourth-order valence-electron chi connectivity index (χ4n) is 2.62. The van der Waals surface area contributed by atoms with Crippen LogP contribution in [-0.4, -0.2) is 12.6 Å². The Kier molecular flexibility index (Phi) is 5.20. The minimum absolute atomic E-state index is 0.0473. The highest BCUT2D eigenvalue weighted by atomic mass is 19.2. The summed E-state index contributed by atoms with van der Waals surface area (Å²) in [5, 5.41) is 11.7. The molecule has 10 heteroatoms. The number of esters is 1. The molecule has 0 aromatic heterocycles. The molecule has 0 spiro atoms. The molecule has 1 aliphatic heterocycles. The van der Waals surface area contributed by atoms with Crippen LogP contribution in [0.4, 0.5) is 22.0 Å². The van der Waals surface area contributed by atoms with Crippen LogP contribution < -0.4 is 11.1 Å². The summed E-state index contributed by atoms with van der Waals surface area (Å²) in [6, 6.07) is 1.54. The molecule has 138 valence electrons. The number of ether oxygens (including phenoxy) is 1. The van der Waals surface area contributed by atoms with E-state index in [4.69, 9.17) is 10.5 Å². The highest BCUT2D eigenvalue weighted by Gasteiger charge is 2.40. The normalized spacial score (nSPS) is 17.1. The van der Waals surface area contributed by atoms with Crippen molar-refractivity contribution in [3.63, 3.8) is 0 Å². The molecule has 1 aromatic rings. The summed E-state index contributed by atoms with van der Waals surface area (Å²) >= 11 is 0. The number of allylic oxidation sites excluding steroid dienone is 2. The molecule has 3 N–H and O–H groups in total. The van der Waals surface area contributed by atoms with Gasteiger partial charge in [0.15, 0.2) is 23.3 Å². The number of hydrogen-bond acceptors (Lipinski definition) is 5. The molecule has 2 rings (SSSR count). The lowest BCUT2D eigenvalue weighted by Gasteiger charge is -2.28. The zero-order valence-corrected chi connectivity index (χ0v) is 13.5. The summed E-state index contributed by atoms with van der Waals surface area (Å²) in [4.78, 5) is 12.2. The van der Waals surface area contributed by atoms with E-state index >= 15 is 0 Å². The maximum atomic E-state index is 14.3. The Morgan fingerprint density at radius 1 is 1.15 bits per heavy atom. The van der Waals surface area contributed by atoms with Gasteiger partial charge >= 0.3 is 5.97 Å². The molecule has 1 atom stereocenters. The predicted molar refractivity (Wildman–Crippen MR) is 78.3 cm³/mol. The van der Waals surface area contributed by atoms with E-state index in [1.165, 1.54) is 19.9 Å². The molecule has 0 amide bonds. The number of nitriles is 1. The van der Waals surface area contributed by atoms with Gasteiger partial charge in [-0.3, -0.25) is 0 Å². The van der Waals surface area contributed by atoms with Crippen molar-refractivity contribution in [2.75, 3.05) is 6.61 Å². The molecule has 0 bridgehead atoms. The molecule has 0 fully saturated rings. The largest absolute Gasteiger partial charge is 0.463 e. The van der Waals surface area contributed by atoms with Gasteiger partial charge in [0.05, 0.1) is 29.7 Å². The molecule has 0 radical (unpaired) electrons. The van der Waals surface area contributed by atoms with Gasteiger partial charge in [-0.25, -0.2) is 26.7 Å². The van der Waals surface area contributed by atoms with E-state index in [2.05, 4.69) is 5.32 Å². The minimum Gasteiger partial charge on any atom is -0.463 e. The molecule has 0 aliphatic carbocycles. The Morgan fingerprint density at radius 3 is 2.12 bits per heavy atom. The van der Waals surface area contributed by atoms with E-state index in [9.17, 15) is 32.0 Å². The zero-order valence-electron chi connectivity index (χ0n) is 13.5. The maximum Gasteiger partial charge on any atom is 0.336 e. The first-order chi connectivity index (χ1) is 12.2. The summed E-state index contributed by atoms with van der Waals surface area (Å²) in [6.07, 6.45) is 0. The average molecular weight is 373 g/mol. The van der Waals surface area contributed by atoms with E-state index in [1.807, 2.05) is 0 Å². The Bertz CT molecular complexity index is 873. The number of nitrogens with one attached hydrogen (secondary N) is 1. The van der Waals surface area contributed by atoms with Crippen molar-refractivity contribution in [2.45, 2.75) is 19.8 Å². The van der Waals surface area contributed by atoms with Crippen LogP contribution in [0.5, 0.6) is 0 Å². The van der Waals surface area contributed by atoms with Crippen molar-refractivity contribution < 1.29 is 31.5 Å². The van der Waals surface area contributed by atoms with Gasteiger partial charge in [0, 0.05) is 11.3 Å². The highest BCUT2D eigenvalue weighted by Crippen LogP contribution is 2.41. The predicted octanol–water partition coefficient (Wildman–Crippen LogP) is 2.60. The summed E-state index contributed by atoms with van der Waals surface area (Å²) in [5.41, 5.74) is 3.13. The van der Waals surface area contributed by atoms with Gasteiger partial charge in [0.25, 0.3) is 0 Å². The van der Waals surface area contributed by atoms with Crippen molar-refractivity contribution in [3.05, 3.63) is 57.3 Å². The van der Waals surface area contributed by atoms with Crippen molar-refractivity contribution >= 4 is 5.97 Å². The van der Waals surface area contributed by atoms with Gasteiger partial charge in [0.2, 0.25) is 5.82 Å². The van der Waals surface area contributed by atoms with E-state index < -0.39 is 57.7 Å². The van der Waals surface area contributed by atoms with Crippen molar-refractivity contribution in [1.29, 1.82) is 5.26 Å². The number of halogens is 5. The van der Waals surface area contributed by atoms with Crippen LogP contribution in [0.15, 0.2) is 22.7 Å². The second kappa shape index (κ2) is 7.03. The topological polar surface area (TPSA) is 88.1 Å². The number of nitrogens with two attached hydrogens (primary N) is 1. The molecular formula is C16H12F5N3O2. The standard InChI is InChI=1S/C16H12F5N3O2/c1-3-26-16(25)7-5(2)24-15(23)6(4-22)8(7)9-10(17)12(19)14(21)13(20)11(9)18/h8,24H,3,23H2,1-2H3. The Morgan fingerprint density at radius 2 is 1.65 bits per heavy atom. The summed E-state index contributed by atoms with van der Waals surface area (Å²) in [5.74, 6) is -14.5. The Labute approximate surface area is 144 Å². The van der Waals surface area contributed by atoms with Crippen molar-refractivity contribution in [2.24, 2.45) is 5.73 Å². The third kappa shape index (κ3) is 2.85. The molecule has 1 aromatic carbocycles. The van der Waals surface area contributed by atoms with Crippen LogP contribution in [0.25, 0.3) is 0 Å². The van der Waals surface area contributed by atoms with Gasteiger partial charge in [-0.2, -0.15) is 5.26 Å². The lowest BCUT2D eigenvalue weighted by atomic mass is 9.81. The molecule has 0 saturated heterocycles. The fraction of sp³-hybridized carbons (Fsp3) is 0.250. The summed E-state index contributed by atoms with van der Waals surface area (Å²) in [6.45, 7) is 2.61. The maximum absolute atomic E-state index is 14.3. The van der Waals surface area contributed by atoms with E-state index in [0.717, 1.165) is 0 Å². The second-order valence-corrected chi connectivity index (χ2v) is 5.24. The average Bonchev–Trinajstić information content (AvgIpc) is 2.58. The lowest BCUT2D eigenvalue weighted by molar-refractivity contribution is -0.138. The number of hydrogen-bond donors (Lipinski definition) is 2. The molecule has 0 saturated carbocycles. The first-order valence-electron chi connectivity index (χ1n) is 7.23. The van der Waals surface area contributed by atoms with E-state index in [0.29, 0.717) is 0 Å². The number of carbonyl (C=O) groups excluding carboxylic acids is 1. The Hall–Kier alpha value is -3.09. The lowest BCUT2D eigenvalue weighted by Crippen LogP contribution is -2.34. The number of benzene rings is 1. The first kappa shape index (κ1) is 19.2. The number of carbonyl (C=O) groups is 1. The zero-order chi connectivity index (χ0) is 19.8. The third-order valence-electron chi connectivity index (χ3n) is 3.74. The first-order valence-corrected chi connectivity index (χ1v) is 7.23. The van der Waals surface area contributed by atoms with Gasteiger partial charge in [-0.15, -0.1) is 0 Å². The summed E-state index contributed by atoms with van der Waals surface area (Å²) < 4.78 is 73.9. The fourth-order valence-corrected chi connectivity index (χ4v) is 2.62. The number of rotatable bonds is 3. The molecule has 26 heavy (non-hydrogen) atoms. The quantitative estimate of drug-likeness (QED) is 0.368. The minimum atomic E-state index is -2.36. The highest BCUT2D eigenvalue weighted by molar-refractivity contribution is 5.93. The van der Waals surface area contributed by atoms with E-state index in [1.54, 1.807) is 0 Å². The number of nitrogens with zero attached hydrogens (tertiary/aromatic N) is 1. The second-order valence-electron chi connectivity index (χ2n) is 5.24. The molecule has 1 heterocycles. The van der Waals surface area contributed by atoms with Crippen molar-refractivity contribution in [1.82, 2.24) is 5.32 Å². The Balaban J connectivity index is 2.88. The van der Waals surface area contributed by atoms with Crippen LogP contribution >= 0.6 is 0 Å². The van der Waals surface area contributed by atoms with Crippen LogP contribution in [0.3, 0.4) is 0 Å². The van der Waals surface area contributed by atoms with Gasteiger partial charge in [-0.1, -0.05) is 0 Å². The van der Waals surface area contributed by atoms with Crippen LogP contribution in [0.1, 0.15) is 25.3 Å². The SMILES string of the molecule is CCOC(=O)C1=C(C)NC(N)=C(C#N)C1c1c(F)c(F)c(F)c(F)c1F. The van der Waals surface area contributed by atoms with Crippen LogP contribution in [0, 0.1) is 40.4 Å². The molecule has 5 nitrogen and oxygen atoms in total. The summed E-state index contributed by atoms with van der Waals surface area (Å²) in [7, 11) is 0. The third-order valence-corrected chi connectivity index (χ3v) is 3.74. The molecule has 1 aliphatic rings. The molecular weight excluding hydrogens is 361 g/mol. The monoisotopic (exact) mass is 373 g/mol. The van der Waals surface area contributed by atoms with Crippen molar-refractivity contribution in [3.8, 4) is 6.07 Å². The van der Waals surface area contributed by atoms with Gasteiger partial charge in [-0.05, 0) is 13.8 Å². The van der Waals surface area contributed by atoms with E-state index in [-0.39, 0.29) is 18.1 Å². The van der Waals surface area contributed by atoms with Crippen LogP contribution in [-0.2, 0) is 9.53 Å². The smallest absolute Gasteiger partial charge is 0.336 e. The molecule has 1 unspecified atom stereocenters. The van der Waals surface area contributed by atoms with Gasteiger partial charge in [0.1, 0.15) is 5.82 Å². The van der Waals surface area contributed by atoms with Crippen LogP contribution in [0.2, 0.25) is 0 Å². The van der Waals surface area contributed by atoms with Gasteiger partial charge < -0.3 is 15.8 Å². The number of dihydropyridines is 1.